The van der Waals surface area contributed by atoms with Gasteiger partial charge in [-0.05, 0) is 45.2 Å². The molecule has 2 amide bonds. The number of primary amides is 1. The average molecular weight is 534 g/mol. The predicted molar refractivity (Wildman–Crippen MR) is 134 cm³/mol. The molecule has 3 aromatic rings. The van der Waals surface area contributed by atoms with Crippen LogP contribution in [0.4, 0.5) is 5.00 Å². The number of carbonyl (C=O) groups is 3. The Morgan fingerprint density at radius 1 is 1.33 bits per heavy atom. The van der Waals surface area contributed by atoms with E-state index < -0.39 is 11.9 Å². The zero-order chi connectivity index (χ0) is 25.8. The van der Waals surface area contributed by atoms with Gasteiger partial charge in [0.15, 0.2) is 11.0 Å². The highest BCUT2D eigenvalue weighted by molar-refractivity contribution is 7.99. The quantitative estimate of drug-likeness (QED) is 0.295. The molecule has 1 saturated heterocycles. The van der Waals surface area contributed by atoms with Crippen LogP contribution in [0.1, 0.15) is 51.1 Å². The Morgan fingerprint density at radius 3 is 2.78 bits per heavy atom. The van der Waals surface area contributed by atoms with E-state index in [1.807, 2.05) is 17.6 Å². The normalized spacial score (nSPS) is 15.2. The number of carbonyl (C=O) groups excluding carboxylic acids is 3. The lowest BCUT2D eigenvalue weighted by Gasteiger charge is -2.14. The van der Waals surface area contributed by atoms with Gasteiger partial charge in [0.2, 0.25) is 5.91 Å². The Kier molecular flexibility index (Phi) is 8.11. The van der Waals surface area contributed by atoms with Crippen LogP contribution >= 0.6 is 23.1 Å². The van der Waals surface area contributed by atoms with Crippen LogP contribution in [-0.2, 0) is 20.8 Å². The Labute approximate surface area is 215 Å². The Morgan fingerprint density at radius 2 is 2.14 bits per heavy atom. The lowest BCUT2D eigenvalue weighted by Crippen LogP contribution is -2.19. The number of amides is 2. The summed E-state index contributed by atoms with van der Waals surface area (Å²) in [5.41, 5.74) is 6.78. The first-order valence-electron chi connectivity index (χ1n) is 11.4. The summed E-state index contributed by atoms with van der Waals surface area (Å²) >= 11 is 2.16. The van der Waals surface area contributed by atoms with Gasteiger partial charge in [0.1, 0.15) is 10.8 Å². The fraction of sp³-hybridized carbons (Fsp3) is 0.435. The van der Waals surface area contributed by atoms with Gasteiger partial charge < -0.3 is 24.9 Å². The number of aryl methyl sites for hydroxylation is 1. The molecule has 4 rings (SSSR count). The monoisotopic (exact) mass is 533 g/mol. The molecule has 0 aromatic carbocycles. The zero-order valence-corrected chi connectivity index (χ0v) is 21.8. The van der Waals surface area contributed by atoms with Crippen LogP contribution in [-0.4, -0.2) is 57.6 Å². The maximum atomic E-state index is 12.9. The van der Waals surface area contributed by atoms with Crippen molar-refractivity contribution in [1.29, 1.82) is 0 Å². The number of nitrogens with two attached hydrogens (primary N) is 1. The van der Waals surface area contributed by atoms with E-state index in [1.54, 1.807) is 20.1 Å². The fourth-order valence-corrected chi connectivity index (χ4v) is 5.76. The number of rotatable bonds is 10. The van der Waals surface area contributed by atoms with Gasteiger partial charge in [0, 0.05) is 6.61 Å². The van der Waals surface area contributed by atoms with Crippen LogP contribution in [0.15, 0.2) is 21.9 Å². The van der Waals surface area contributed by atoms with Crippen LogP contribution in [0.25, 0.3) is 11.4 Å². The molecule has 0 bridgehead atoms. The van der Waals surface area contributed by atoms with Crippen molar-refractivity contribution in [3.8, 4) is 11.4 Å². The molecule has 1 unspecified atom stereocenters. The molecule has 0 spiro atoms. The number of hydrogen-bond donors (Lipinski definition) is 2. The number of thiophene rings is 1. The Hall–Kier alpha value is -3.16. The first-order valence-corrected chi connectivity index (χ1v) is 13.2. The number of nitrogens with one attached hydrogen (secondary N) is 1. The van der Waals surface area contributed by atoms with Gasteiger partial charge in [-0.3, -0.25) is 14.2 Å². The third kappa shape index (κ3) is 5.47. The number of thioether (sulfide) groups is 1. The van der Waals surface area contributed by atoms with Gasteiger partial charge in [0.25, 0.3) is 5.91 Å². The molecule has 0 aliphatic carbocycles. The number of anilines is 1. The number of hydrogen-bond acceptors (Lipinski definition) is 10. The third-order valence-corrected chi connectivity index (χ3v) is 7.85. The van der Waals surface area contributed by atoms with Crippen molar-refractivity contribution in [3.05, 3.63) is 34.1 Å². The molecule has 36 heavy (non-hydrogen) atoms. The SMILES string of the molecule is CCOC(=O)c1c(NC(=O)CSc2nnc(-c3ccoc3C)n2CC2CCCO2)sc(C(N)=O)c1C. The average Bonchev–Trinajstić information content (AvgIpc) is 3.61. The van der Waals surface area contributed by atoms with E-state index in [-0.39, 0.29) is 39.8 Å². The van der Waals surface area contributed by atoms with Gasteiger partial charge >= 0.3 is 5.97 Å². The summed E-state index contributed by atoms with van der Waals surface area (Å²) in [4.78, 5) is 37.3. The summed E-state index contributed by atoms with van der Waals surface area (Å²) in [6.07, 6.45) is 3.56. The summed E-state index contributed by atoms with van der Waals surface area (Å²) < 4.78 is 18.3. The second kappa shape index (κ2) is 11.3. The smallest absolute Gasteiger partial charge is 0.341 e. The van der Waals surface area contributed by atoms with E-state index in [0.717, 1.165) is 35.5 Å². The molecule has 1 aliphatic heterocycles. The molecule has 4 heterocycles. The van der Waals surface area contributed by atoms with Crippen molar-refractivity contribution in [2.45, 2.75) is 51.4 Å². The van der Waals surface area contributed by atoms with Crippen LogP contribution in [0.5, 0.6) is 0 Å². The number of furan rings is 1. The Balaban J connectivity index is 1.53. The minimum Gasteiger partial charge on any atom is -0.469 e. The molecule has 11 nitrogen and oxygen atoms in total. The van der Waals surface area contributed by atoms with Crippen molar-refractivity contribution < 1.29 is 28.3 Å². The van der Waals surface area contributed by atoms with Crippen LogP contribution in [0.2, 0.25) is 0 Å². The minimum absolute atomic E-state index is 0.000849. The molecule has 0 radical (unpaired) electrons. The largest absolute Gasteiger partial charge is 0.469 e. The van der Waals surface area contributed by atoms with Crippen molar-refractivity contribution in [2.75, 3.05) is 24.3 Å². The molecule has 1 aliphatic rings. The van der Waals surface area contributed by atoms with E-state index in [4.69, 9.17) is 19.6 Å². The zero-order valence-electron chi connectivity index (χ0n) is 20.2. The van der Waals surface area contributed by atoms with E-state index >= 15 is 0 Å². The lowest BCUT2D eigenvalue weighted by atomic mass is 10.1. The van der Waals surface area contributed by atoms with E-state index in [0.29, 0.717) is 29.7 Å². The van der Waals surface area contributed by atoms with E-state index in [9.17, 15) is 14.4 Å². The van der Waals surface area contributed by atoms with Crippen LogP contribution in [0.3, 0.4) is 0 Å². The summed E-state index contributed by atoms with van der Waals surface area (Å²) in [6.45, 7) is 6.55. The number of esters is 1. The van der Waals surface area contributed by atoms with E-state index in [2.05, 4.69) is 15.5 Å². The summed E-state index contributed by atoms with van der Waals surface area (Å²) in [5, 5.41) is 12.2. The van der Waals surface area contributed by atoms with Crippen LogP contribution < -0.4 is 11.1 Å². The van der Waals surface area contributed by atoms with Gasteiger partial charge in [-0.1, -0.05) is 11.8 Å². The highest BCUT2D eigenvalue weighted by Gasteiger charge is 2.27. The summed E-state index contributed by atoms with van der Waals surface area (Å²) in [6, 6.07) is 1.83. The highest BCUT2D eigenvalue weighted by atomic mass is 32.2. The van der Waals surface area contributed by atoms with Crippen molar-refractivity contribution in [1.82, 2.24) is 14.8 Å². The lowest BCUT2D eigenvalue weighted by molar-refractivity contribution is -0.113. The van der Waals surface area contributed by atoms with Gasteiger partial charge in [-0.25, -0.2) is 4.79 Å². The summed E-state index contributed by atoms with van der Waals surface area (Å²) in [5.74, 6) is -0.325. The molecule has 192 valence electrons. The molecular formula is C23H27N5O6S2. The van der Waals surface area contributed by atoms with Crippen molar-refractivity contribution >= 4 is 45.9 Å². The first kappa shape index (κ1) is 25.9. The van der Waals surface area contributed by atoms with Crippen molar-refractivity contribution in [3.63, 3.8) is 0 Å². The molecular weight excluding hydrogens is 506 g/mol. The second-order valence-electron chi connectivity index (χ2n) is 8.12. The number of ether oxygens (including phenoxy) is 2. The predicted octanol–water partition coefficient (Wildman–Crippen LogP) is 3.40. The van der Waals surface area contributed by atoms with Gasteiger partial charge in [-0.2, -0.15) is 0 Å². The molecule has 3 aromatic heterocycles. The van der Waals surface area contributed by atoms with Crippen LogP contribution in [0, 0.1) is 13.8 Å². The van der Waals surface area contributed by atoms with Crippen molar-refractivity contribution in [2.24, 2.45) is 5.73 Å². The molecule has 13 heteroatoms. The standard InChI is InChI=1S/C23H27N5O6S2/c1-4-32-22(31)17-12(2)18(19(24)30)36-21(17)25-16(29)11-35-23-27-26-20(15-7-9-33-13(15)3)28(23)10-14-6-5-8-34-14/h7,9,14H,4-6,8,10-11H2,1-3H3,(H2,24,30)(H,25,29). The Bertz CT molecular complexity index is 1270. The summed E-state index contributed by atoms with van der Waals surface area (Å²) in [7, 11) is 0. The van der Waals surface area contributed by atoms with E-state index in [1.165, 1.54) is 11.8 Å². The van der Waals surface area contributed by atoms with Gasteiger partial charge in [0.05, 0.1) is 47.3 Å². The number of aromatic nitrogens is 3. The first-order chi connectivity index (χ1) is 17.3. The van der Waals surface area contributed by atoms with Gasteiger partial charge in [-0.15, -0.1) is 21.5 Å². The topological polar surface area (TPSA) is 152 Å². The molecule has 1 fully saturated rings. The minimum atomic E-state index is -0.678. The fourth-order valence-electron chi connectivity index (χ4n) is 3.95. The molecule has 3 N–H and O–H groups in total. The molecule has 1 atom stereocenters. The highest BCUT2D eigenvalue weighted by Crippen LogP contribution is 2.34. The molecule has 0 saturated carbocycles. The number of nitrogens with zero attached hydrogens (tertiary/aromatic N) is 3. The maximum Gasteiger partial charge on any atom is 0.341 e. The second-order valence-corrected chi connectivity index (χ2v) is 10.1. The third-order valence-electron chi connectivity index (χ3n) is 5.66. The maximum absolute atomic E-state index is 12.9.